The second kappa shape index (κ2) is 11.5. The van der Waals surface area contributed by atoms with Gasteiger partial charge < -0.3 is 14.6 Å². The summed E-state index contributed by atoms with van der Waals surface area (Å²) in [5, 5.41) is 10.7. The quantitative estimate of drug-likeness (QED) is 0.224. The second-order valence-electron chi connectivity index (χ2n) is 8.53. The van der Waals surface area contributed by atoms with Gasteiger partial charge in [0.1, 0.15) is 11.5 Å². The average Bonchev–Trinajstić information content (AvgIpc) is 3.25. The third-order valence-corrected chi connectivity index (χ3v) is 8.39. The van der Waals surface area contributed by atoms with E-state index in [9.17, 15) is 14.7 Å². The molecule has 1 aromatic heterocycles. The number of phenolic OH excluding ortho intramolecular Hbond substituents is 1. The number of esters is 1. The molecule has 1 atom stereocenters. The van der Waals surface area contributed by atoms with Crippen LogP contribution >= 0.6 is 49.9 Å². The van der Waals surface area contributed by atoms with Crippen LogP contribution in [0.2, 0.25) is 0 Å². The van der Waals surface area contributed by atoms with Crippen molar-refractivity contribution in [3.63, 3.8) is 0 Å². The third-order valence-electron chi connectivity index (χ3n) is 6.13. The number of benzene rings is 3. The van der Waals surface area contributed by atoms with Crippen LogP contribution in [0.25, 0.3) is 11.8 Å². The van der Waals surface area contributed by atoms with E-state index in [0.717, 1.165) is 10.0 Å². The molecule has 0 amide bonds. The first kappa shape index (κ1) is 27.4. The number of thiazole rings is 1. The zero-order chi connectivity index (χ0) is 27.7. The summed E-state index contributed by atoms with van der Waals surface area (Å²) in [7, 11) is 1.56. The topological polar surface area (TPSA) is 90.1 Å². The number of methoxy groups -OCH3 is 1. The Labute approximate surface area is 250 Å². The Kier molecular flexibility index (Phi) is 8.06. The molecule has 0 unspecified atom stereocenters. The molecule has 0 saturated heterocycles. The number of hydrogen-bond acceptors (Lipinski definition) is 7. The fourth-order valence-electron chi connectivity index (χ4n) is 4.40. The van der Waals surface area contributed by atoms with Crippen molar-refractivity contribution in [3.8, 4) is 11.5 Å². The van der Waals surface area contributed by atoms with Crippen LogP contribution in [0.1, 0.15) is 29.7 Å². The summed E-state index contributed by atoms with van der Waals surface area (Å²) >= 11 is 6.69. The van der Waals surface area contributed by atoms with Crippen LogP contribution in [0, 0.1) is 3.57 Å². The molecule has 0 bridgehead atoms. The maximum atomic E-state index is 14.0. The number of carbonyl (C=O) groups is 1. The Morgan fingerprint density at radius 2 is 1.95 bits per heavy atom. The summed E-state index contributed by atoms with van der Waals surface area (Å²) in [6.07, 6.45) is 1.64. The van der Waals surface area contributed by atoms with E-state index in [1.807, 2.05) is 65.1 Å². The minimum absolute atomic E-state index is 0.0752. The molecule has 198 valence electrons. The molecule has 1 N–H and O–H groups in total. The van der Waals surface area contributed by atoms with Crippen molar-refractivity contribution in [1.82, 2.24) is 4.57 Å². The fourth-order valence-corrected chi connectivity index (χ4v) is 6.95. The van der Waals surface area contributed by atoms with Gasteiger partial charge in [-0.25, -0.2) is 9.79 Å². The third kappa shape index (κ3) is 5.32. The normalized spacial score (nSPS) is 15.1. The molecule has 39 heavy (non-hydrogen) atoms. The molecular weight excluding hydrogens is 695 g/mol. The lowest BCUT2D eigenvalue weighted by Gasteiger charge is -2.26. The van der Waals surface area contributed by atoms with Gasteiger partial charge in [0.25, 0.3) is 5.56 Å². The van der Waals surface area contributed by atoms with E-state index >= 15 is 0 Å². The van der Waals surface area contributed by atoms with E-state index in [4.69, 9.17) is 14.5 Å². The van der Waals surface area contributed by atoms with Crippen LogP contribution in [0.15, 0.2) is 86.6 Å². The van der Waals surface area contributed by atoms with Crippen molar-refractivity contribution in [1.29, 1.82) is 0 Å². The summed E-state index contributed by atoms with van der Waals surface area (Å²) in [6.45, 7) is 1.91. The summed E-state index contributed by atoms with van der Waals surface area (Å²) < 4.78 is 14.3. The maximum Gasteiger partial charge on any atom is 0.338 e. The van der Waals surface area contributed by atoms with Crippen molar-refractivity contribution in [2.24, 2.45) is 4.99 Å². The van der Waals surface area contributed by atoms with Gasteiger partial charge in [-0.2, -0.15) is 0 Å². The summed E-state index contributed by atoms with van der Waals surface area (Å²) in [4.78, 5) is 32.8. The molecule has 0 saturated carbocycles. The number of ether oxygens (including phenoxy) is 2. The van der Waals surface area contributed by atoms with Crippen LogP contribution in [0.5, 0.6) is 11.5 Å². The molecule has 0 fully saturated rings. The van der Waals surface area contributed by atoms with Crippen LogP contribution in [0.3, 0.4) is 0 Å². The first-order chi connectivity index (χ1) is 18.8. The van der Waals surface area contributed by atoms with E-state index in [2.05, 4.69) is 15.9 Å². The predicted molar refractivity (Wildman–Crippen MR) is 163 cm³/mol. The summed E-state index contributed by atoms with van der Waals surface area (Å²) in [5.41, 5.74) is 2.25. The molecule has 4 aromatic rings. The molecule has 7 nitrogen and oxygen atoms in total. The fraction of sp³-hybridized carbons (Fsp3) is 0.138. The number of fused-ring (bicyclic) bond motifs is 1. The van der Waals surface area contributed by atoms with Gasteiger partial charge >= 0.3 is 5.97 Å². The van der Waals surface area contributed by atoms with E-state index in [1.54, 1.807) is 44.4 Å². The van der Waals surface area contributed by atoms with E-state index < -0.39 is 12.0 Å². The molecule has 2 heterocycles. The smallest absolute Gasteiger partial charge is 0.338 e. The number of carbonyl (C=O) groups excluding carboxylic acids is 1. The average molecular weight is 717 g/mol. The standard InChI is InChI=1S/C29H22BrIN2O5S/c1-3-38-28(36)23-24(16-8-5-4-6-9-16)32-29-33(25(23)17-10-7-11-20(13-17)37-2)27(35)22(39-29)14-18-12-19(30)15-21(31)26(18)34/h4-15,25,34H,3H2,1-2H3/b22-14-/t25-/m1/s1. The Morgan fingerprint density at radius 3 is 2.67 bits per heavy atom. The number of phenols is 1. The van der Waals surface area contributed by atoms with Crippen molar-refractivity contribution >= 4 is 67.6 Å². The van der Waals surface area contributed by atoms with Gasteiger partial charge in [0.2, 0.25) is 0 Å². The highest BCUT2D eigenvalue weighted by molar-refractivity contribution is 14.1. The highest BCUT2D eigenvalue weighted by Gasteiger charge is 2.35. The Balaban J connectivity index is 1.86. The zero-order valence-electron chi connectivity index (χ0n) is 20.9. The first-order valence-electron chi connectivity index (χ1n) is 11.9. The zero-order valence-corrected chi connectivity index (χ0v) is 25.4. The largest absolute Gasteiger partial charge is 0.506 e. The van der Waals surface area contributed by atoms with Gasteiger partial charge in [-0.3, -0.25) is 9.36 Å². The first-order valence-corrected chi connectivity index (χ1v) is 14.6. The van der Waals surface area contributed by atoms with Gasteiger partial charge in [-0.15, -0.1) is 0 Å². The second-order valence-corrected chi connectivity index (χ2v) is 11.6. The van der Waals surface area contributed by atoms with Crippen LogP contribution in [0.4, 0.5) is 0 Å². The minimum Gasteiger partial charge on any atom is -0.506 e. The molecule has 3 aromatic carbocycles. The lowest BCUT2D eigenvalue weighted by Crippen LogP contribution is -2.40. The molecular formula is C29H22BrIN2O5S. The van der Waals surface area contributed by atoms with Crippen LogP contribution in [-0.2, 0) is 9.53 Å². The molecule has 0 spiro atoms. The van der Waals surface area contributed by atoms with Crippen molar-refractivity contribution in [3.05, 3.63) is 117 Å². The molecule has 1 aliphatic heterocycles. The summed E-state index contributed by atoms with van der Waals surface area (Å²) in [6, 6.07) is 19.4. The number of aromatic nitrogens is 1. The maximum absolute atomic E-state index is 14.0. The number of nitrogens with zero attached hydrogens (tertiary/aromatic N) is 2. The minimum atomic E-state index is -0.816. The Morgan fingerprint density at radius 1 is 1.18 bits per heavy atom. The molecule has 0 aliphatic carbocycles. The van der Waals surface area contributed by atoms with E-state index in [1.165, 1.54) is 15.9 Å². The SMILES string of the molecule is CCOC(=O)C1=C(c2ccccc2)N=c2s/c(=C\c3cc(Br)cc(I)c3O)c(=O)n2[C@@H]1c1cccc(OC)c1. The van der Waals surface area contributed by atoms with Gasteiger partial charge in [0, 0.05) is 15.6 Å². The number of rotatable bonds is 6. The highest BCUT2D eigenvalue weighted by atomic mass is 127. The molecule has 1 aliphatic rings. The van der Waals surface area contributed by atoms with Crippen LogP contribution in [-0.4, -0.2) is 29.4 Å². The van der Waals surface area contributed by atoms with Crippen molar-refractivity contribution < 1.29 is 19.4 Å². The van der Waals surface area contributed by atoms with Gasteiger partial charge in [0.05, 0.1) is 39.1 Å². The van der Waals surface area contributed by atoms with Crippen LogP contribution < -0.4 is 19.6 Å². The van der Waals surface area contributed by atoms with E-state index in [-0.39, 0.29) is 23.5 Å². The summed E-state index contributed by atoms with van der Waals surface area (Å²) in [5.74, 6) is 0.109. The van der Waals surface area contributed by atoms with Crippen molar-refractivity contribution in [2.45, 2.75) is 13.0 Å². The van der Waals surface area contributed by atoms with Gasteiger partial charge in [0.15, 0.2) is 4.80 Å². The number of aromatic hydroxyl groups is 1. The number of hydrogen-bond donors (Lipinski definition) is 1. The Bertz CT molecular complexity index is 1800. The highest BCUT2D eigenvalue weighted by Crippen LogP contribution is 2.36. The lowest BCUT2D eigenvalue weighted by atomic mass is 9.93. The lowest BCUT2D eigenvalue weighted by molar-refractivity contribution is -0.138. The predicted octanol–water partition coefficient (Wildman–Crippen LogP) is 5.02. The Hall–Kier alpha value is -3.22. The molecule has 10 heteroatoms. The monoisotopic (exact) mass is 716 g/mol. The van der Waals surface area contributed by atoms with E-state index in [0.29, 0.717) is 35.5 Å². The van der Waals surface area contributed by atoms with Crippen molar-refractivity contribution in [2.75, 3.05) is 13.7 Å². The van der Waals surface area contributed by atoms with Gasteiger partial charge in [-0.05, 0) is 65.4 Å². The number of halogens is 2. The molecule has 0 radical (unpaired) electrons. The van der Waals surface area contributed by atoms with Gasteiger partial charge in [-0.1, -0.05) is 69.7 Å². The molecule has 5 rings (SSSR count).